The van der Waals surface area contributed by atoms with Gasteiger partial charge in [0.2, 0.25) is 17.7 Å². The van der Waals surface area contributed by atoms with Gasteiger partial charge in [0.15, 0.2) is 0 Å². The highest BCUT2D eigenvalue weighted by Gasteiger charge is 2.36. The van der Waals surface area contributed by atoms with E-state index in [4.69, 9.17) is 15.6 Å². The van der Waals surface area contributed by atoms with Gasteiger partial charge in [-0.25, -0.2) is 4.79 Å². The first-order valence-corrected chi connectivity index (χ1v) is 13.7. The highest BCUT2D eigenvalue weighted by atomic mass is 16.5. The van der Waals surface area contributed by atoms with Gasteiger partial charge >= 0.3 is 11.9 Å². The lowest BCUT2D eigenvalue weighted by atomic mass is 9.90. The van der Waals surface area contributed by atoms with E-state index in [1.807, 2.05) is 13.8 Å². The van der Waals surface area contributed by atoms with Gasteiger partial charge in [-0.3, -0.25) is 19.2 Å². The highest BCUT2D eigenvalue weighted by Crippen LogP contribution is 2.24. The number of likely N-dealkylation sites (tertiary alicyclic amines) is 1. The van der Waals surface area contributed by atoms with Crippen LogP contribution in [0.1, 0.15) is 65.2 Å². The van der Waals surface area contributed by atoms with E-state index in [0.29, 0.717) is 45.2 Å². The summed E-state index contributed by atoms with van der Waals surface area (Å²) in [4.78, 5) is 63.2. The van der Waals surface area contributed by atoms with Crippen molar-refractivity contribution in [2.24, 2.45) is 17.6 Å². The number of hydrogen-bond donors (Lipinski definition) is 6. The molecule has 1 fully saturated rings. The van der Waals surface area contributed by atoms with E-state index in [1.54, 1.807) is 11.9 Å². The van der Waals surface area contributed by atoms with Crippen LogP contribution in [0, 0.1) is 11.8 Å². The van der Waals surface area contributed by atoms with Gasteiger partial charge in [0, 0.05) is 39.0 Å². The number of nitrogens with one attached hydrogen (secondary N) is 3. The Morgan fingerprint density at radius 1 is 1.03 bits per heavy atom. The summed E-state index contributed by atoms with van der Waals surface area (Å²) in [5, 5.41) is 26.5. The van der Waals surface area contributed by atoms with Crippen LogP contribution >= 0.6 is 0 Å². The van der Waals surface area contributed by atoms with Gasteiger partial charge < -0.3 is 41.5 Å². The molecule has 13 heteroatoms. The zero-order valence-electron chi connectivity index (χ0n) is 23.6. The largest absolute Gasteiger partial charge is 0.481 e. The molecule has 0 radical (unpaired) electrons. The third kappa shape index (κ3) is 12.3. The average Bonchev–Trinajstić information content (AvgIpc) is 2.88. The number of carbonyl (C=O) groups is 5. The normalized spacial score (nSPS) is 19.7. The Kier molecular flexibility index (Phi) is 15.6. The maximum atomic E-state index is 13.6. The van der Waals surface area contributed by atoms with Crippen molar-refractivity contribution >= 4 is 29.7 Å². The molecule has 0 aliphatic carbocycles. The fourth-order valence-corrected chi connectivity index (χ4v) is 4.80. The second kappa shape index (κ2) is 17.7. The molecule has 13 nitrogen and oxygen atoms in total. The third-order valence-electron chi connectivity index (χ3n) is 6.94. The Balaban J connectivity index is 2.95. The van der Waals surface area contributed by atoms with Gasteiger partial charge in [-0.2, -0.15) is 0 Å². The molecule has 224 valence electrons. The van der Waals surface area contributed by atoms with E-state index < -0.39 is 48.3 Å². The Morgan fingerprint density at radius 3 is 2.26 bits per heavy atom. The van der Waals surface area contributed by atoms with Gasteiger partial charge in [0.1, 0.15) is 12.1 Å². The molecule has 0 aromatic heterocycles. The molecule has 0 bridgehead atoms. The van der Waals surface area contributed by atoms with Crippen LogP contribution in [0.25, 0.3) is 0 Å². The van der Waals surface area contributed by atoms with E-state index in [2.05, 4.69) is 16.0 Å². The van der Waals surface area contributed by atoms with E-state index in [-0.39, 0.29) is 43.2 Å². The maximum Gasteiger partial charge on any atom is 0.326 e. The number of ether oxygens (including phenoxy) is 1. The predicted molar refractivity (Wildman–Crippen MR) is 144 cm³/mol. The van der Waals surface area contributed by atoms with Gasteiger partial charge in [0.05, 0.1) is 12.1 Å². The number of carbonyl (C=O) groups excluding carboxylic acids is 3. The standard InChI is InChI=1S/C26H47N5O8/c1-16(2)13-20(28-3)24(35)30-18(7-5-6-11-27)25(36)31-12-10-21(39-4)17(15-31)14-22(32)29-19(26(37)38)8-9-23(33)34/h16-21,28H,5-15,27H2,1-4H3,(H,29,32)(H,30,35)(H,33,34)(H,37,38)/t17-,18+,19+,20-,21+/m1/s1. The van der Waals surface area contributed by atoms with Crippen molar-refractivity contribution in [3.8, 4) is 0 Å². The van der Waals surface area contributed by atoms with E-state index in [1.165, 1.54) is 7.11 Å². The number of rotatable bonds is 18. The molecule has 0 unspecified atom stereocenters. The van der Waals surface area contributed by atoms with Crippen LogP contribution in [0.2, 0.25) is 0 Å². The van der Waals surface area contributed by atoms with Gasteiger partial charge in [0.25, 0.3) is 0 Å². The van der Waals surface area contributed by atoms with Crippen molar-refractivity contribution in [2.75, 3.05) is 33.8 Å². The maximum absolute atomic E-state index is 13.6. The third-order valence-corrected chi connectivity index (χ3v) is 6.94. The first-order chi connectivity index (χ1) is 18.4. The van der Waals surface area contributed by atoms with E-state index >= 15 is 0 Å². The van der Waals surface area contributed by atoms with Crippen molar-refractivity contribution in [1.82, 2.24) is 20.9 Å². The lowest BCUT2D eigenvalue weighted by Gasteiger charge is -2.39. The molecule has 0 aromatic rings. The molecule has 0 aromatic carbocycles. The number of carboxylic acid groups (broad SMARTS) is 2. The number of aliphatic carboxylic acids is 2. The van der Waals surface area contributed by atoms with E-state index in [9.17, 15) is 29.1 Å². The molecule has 39 heavy (non-hydrogen) atoms. The monoisotopic (exact) mass is 557 g/mol. The Morgan fingerprint density at radius 2 is 1.72 bits per heavy atom. The molecular weight excluding hydrogens is 510 g/mol. The number of amides is 3. The Bertz CT molecular complexity index is 824. The van der Waals surface area contributed by atoms with Gasteiger partial charge in [-0.05, 0) is 58.0 Å². The summed E-state index contributed by atoms with van der Waals surface area (Å²) < 4.78 is 5.55. The zero-order chi connectivity index (χ0) is 29.5. The minimum absolute atomic E-state index is 0.0977. The Labute approximate surface area is 230 Å². The number of nitrogens with two attached hydrogens (primary N) is 1. The molecule has 1 rings (SSSR count). The SMILES string of the molecule is CN[C@H](CC(C)C)C(=O)N[C@@H](CCCCN)C(=O)N1CC[C@H](OC)[C@H](CC(=O)N[C@@H](CCC(=O)O)C(=O)O)C1. The van der Waals surface area contributed by atoms with Crippen LogP contribution in [0.3, 0.4) is 0 Å². The summed E-state index contributed by atoms with van der Waals surface area (Å²) in [6, 6.07) is -2.51. The molecule has 1 heterocycles. The fraction of sp³-hybridized carbons (Fsp3) is 0.808. The average molecular weight is 558 g/mol. The number of nitrogens with zero attached hydrogens (tertiary/aromatic N) is 1. The van der Waals surface area contributed by atoms with E-state index in [0.717, 1.165) is 0 Å². The summed E-state index contributed by atoms with van der Waals surface area (Å²) in [5.41, 5.74) is 5.63. The number of carboxylic acids is 2. The van der Waals surface area contributed by atoms with Crippen molar-refractivity contribution in [3.63, 3.8) is 0 Å². The number of piperidine rings is 1. The minimum Gasteiger partial charge on any atom is -0.481 e. The van der Waals surface area contributed by atoms with Crippen molar-refractivity contribution < 1.29 is 38.9 Å². The summed E-state index contributed by atoms with van der Waals surface area (Å²) in [6.45, 7) is 5.09. The van der Waals surface area contributed by atoms with Gasteiger partial charge in [-0.15, -0.1) is 0 Å². The van der Waals surface area contributed by atoms with Crippen LogP contribution < -0.4 is 21.7 Å². The van der Waals surface area contributed by atoms with Crippen LogP contribution in [0.4, 0.5) is 0 Å². The first-order valence-electron chi connectivity index (χ1n) is 13.7. The van der Waals surface area contributed by atoms with Crippen LogP contribution in [0.15, 0.2) is 0 Å². The first kappa shape index (κ1) is 34.3. The van der Waals surface area contributed by atoms with Gasteiger partial charge in [-0.1, -0.05) is 13.8 Å². The Hall–Kier alpha value is -2.77. The lowest BCUT2D eigenvalue weighted by Crippen LogP contribution is -2.56. The molecule has 1 saturated heterocycles. The number of methoxy groups -OCH3 is 1. The van der Waals surface area contributed by atoms with Crippen molar-refractivity contribution in [3.05, 3.63) is 0 Å². The smallest absolute Gasteiger partial charge is 0.326 e. The molecule has 0 spiro atoms. The van der Waals surface area contributed by atoms with Crippen molar-refractivity contribution in [2.45, 2.75) is 89.4 Å². The second-order valence-electron chi connectivity index (χ2n) is 10.5. The summed E-state index contributed by atoms with van der Waals surface area (Å²) in [5.74, 6) is -3.66. The van der Waals surface area contributed by atoms with Crippen LogP contribution in [0.5, 0.6) is 0 Å². The quantitative estimate of drug-likeness (QED) is 0.124. The zero-order valence-corrected chi connectivity index (χ0v) is 23.6. The number of hydrogen-bond acceptors (Lipinski definition) is 8. The van der Waals surface area contributed by atoms with Crippen LogP contribution in [-0.4, -0.2) is 103 Å². The molecule has 7 N–H and O–H groups in total. The summed E-state index contributed by atoms with van der Waals surface area (Å²) in [7, 11) is 3.22. The molecule has 5 atom stereocenters. The summed E-state index contributed by atoms with van der Waals surface area (Å²) in [6.07, 6.45) is 1.83. The molecule has 1 aliphatic rings. The molecule has 1 aliphatic heterocycles. The van der Waals surface area contributed by atoms with Crippen LogP contribution in [-0.2, 0) is 28.7 Å². The molecular formula is C26H47N5O8. The molecule has 0 saturated carbocycles. The molecule has 3 amide bonds. The lowest BCUT2D eigenvalue weighted by molar-refractivity contribution is -0.144. The highest BCUT2D eigenvalue weighted by molar-refractivity contribution is 5.90. The summed E-state index contributed by atoms with van der Waals surface area (Å²) >= 11 is 0. The topological polar surface area (TPSA) is 200 Å². The number of likely N-dealkylation sites (N-methyl/N-ethyl adjacent to an activating group) is 1. The minimum atomic E-state index is -1.33. The number of unbranched alkanes of at least 4 members (excludes halogenated alkanes) is 1. The van der Waals surface area contributed by atoms with Crippen molar-refractivity contribution in [1.29, 1.82) is 0 Å². The fourth-order valence-electron chi connectivity index (χ4n) is 4.80. The second-order valence-corrected chi connectivity index (χ2v) is 10.5. The predicted octanol–water partition coefficient (Wildman–Crippen LogP) is -0.0779.